The van der Waals surface area contributed by atoms with Crippen LogP contribution in [0.1, 0.15) is 46.7 Å². The number of anilines is 1. The van der Waals surface area contributed by atoms with Crippen molar-refractivity contribution in [3.8, 4) is 0 Å². The van der Waals surface area contributed by atoms with Gasteiger partial charge in [0.25, 0.3) is 0 Å². The van der Waals surface area contributed by atoms with Crippen LogP contribution in [0.15, 0.2) is 11.6 Å². The third-order valence-corrected chi connectivity index (χ3v) is 4.86. The average Bonchev–Trinajstić information content (AvgIpc) is 2.98. The summed E-state index contributed by atoms with van der Waals surface area (Å²) in [5, 5.41) is 5.72. The minimum Gasteiger partial charge on any atom is -0.354 e. The summed E-state index contributed by atoms with van der Waals surface area (Å²) in [6.45, 7) is 14.4. The van der Waals surface area contributed by atoms with Gasteiger partial charge in [-0.15, -0.1) is 11.3 Å². The first-order chi connectivity index (χ1) is 9.75. The number of nitrogens with one attached hydrogen (secondary N) is 1. The van der Waals surface area contributed by atoms with E-state index in [2.05, 4.69) is 60.8 Å². The fourth-order valence-corrected chi connectivity index (χ4v) is 3.61. The van der Waals surface area contributed by atoms with E-state index < -0.39 is 0 Å². The normalized spacial score (nSPS) is 18.8. The highest BCUT2D eigenvalue weighted by atomic mass is 32.1. The maximum atomic E-state index is 4.89. The van der Waals surface area contributed by atoms with Crippen LogP contribution in [0.5, 0.6) is 0 Å². The molecule has 0 unspecified atom stereocenters. The maximum absolute atomic E-state index is 4.89. The molecule has 0 bridgehead atoms. The van der Waals surface area contributed by atoms with Crippen molar-refractivity contribution in [2.75, 3.05) is 18.0 Å². The second kappa shape index (κ2) is 4.99. The minimum atomic E-state index is 0.113. The molecule has 0 aromatic carbocycles. The van der Waals surface area contributed by atoms with Gasteiger partial charge >= 0.3 is 0 Å². The van der Waals surface area contributed by atoms with E-state index in [9.17, 15) is 0 Å². The van der Waals surface area contributed by atoms with Gasteiger partial charge in [-0.1, -0.05) is 13.8 Å². The van der Waals surface area contributed by atoms with E-state index in [1.807, 2.05) is 0 Å². The van der Waals surface area contributed by atoms with Crippen molar-refractivity contribution in [1.82, 2.24) is 14.7 Å². The lowest BCUT2D eigenvalue weighted by atomic mass is 9.93. The topological polar surface area (TPSA) is 32.6 Å². The molecule has 3 rings (SSSR count). The molecule has 116 valence electrons. The van der Waals surface area contributed by atoms with Crippen LogP contribution in [0.25, 0.3) is 4.96 Å². The number of hydrogen-bond donors (Lipinski definition) is 1. The van der Waals surface area contributed by atoms with Crippen LogP contribution in [0.3, 0.4) is 0 Å². The Kier molecular flexibility index (Phi) is 3.53. The zero-order valence-electron chi connectivity index (χ0n) is 13.7. The predicted molar refractivity (Wildman–Crippen MR) is 90.3 cm³/mol. The smallest absolute Gasteiger partial charge is 0.195 e. The molecule has 0 amide bonds. The Bertz CT molecular complexity index is 632. The van der Waals surface area contributed by atoms with E-state index in [1.165, 1.54) is 17.9 Å². The fourth-order valence-electron chi connectivity index (χ4n) is 2.88. The molecule has 1 aliphatic heterocycles. The Morgan fingerprint density at radius 2 is 2.14 bits per heavy atom. The minimum absolute atomic E-state index is 0.113. The summed E-state index contributed by atoms with van der Waals surface area (Å²) in [6, 6.07) is 0. The molecule has 4 nitrogen and oxygen atoms in total. The summed E-state index contributed by atoms with van der Waals surface area (Å²) >= 11 is 1.71. The van der Waals surface area contributed by atoms with Gasteiger partial charge in [0.1, 0.15) is 0 Å². The van der Waals surface area contributed by atoms with Gasteiger partial charge in [0, 0.05) is 36.8 Å². The van der Waals surface area contributed by atoms with Crippen LogP contribution in [0, 0.1) is 5.41 Å². The number of aromatic nitrogens is 2. The van der Waals surface area contributed by atoms with E-state index in [0.29, 0.717) is 5.41 Å². The standard InChI is InChI=1S/C16H26N4S/c1-15(2,3)17-10-12-13(18-14-20(12)8-9-21-14)19-7-6-16(4,5)11-19/h8-9,17H,6-7,10-11H2,1-5H3. The van der Waals surface area contributed by atoms with Gasteiger partial charge in [-0.05, 0) is 32.6 Å². The van der Waals surface area contributed by atoms with Gasteiger partial charge < -0.3 is 10.2 Å². The van der Waals surface area contributed by atoms with Gasteiger partial charge in [-0.3, -0.25) is 4.40 Å². The molecule has 1 N–H and O–H groups in total. The molecular weight excluding hydrogens is 280 g/mol. The van der Waals surface area contributed by atoms with Crippen molar-refractivity contribution in [2.45, 2.75) is 53.1 Å². The Morgan fingerprint density at radius 1 is 1.38 bits per heavy atom. The quantitative estimate of drug-likeness (QED) is 0.942. The maximum Gasteiger partial charge on any atom is 0.195 e. The number of thiazole rings is 1. The SMILES string of the molecule is CC1(C)CCN(c2nc3sccn3c2CNC(C)(C)C)C1. The lowest BCUT2D eigenvalue weighted by Gasteiger charge is -2.23. The lowest BCUT2D eigenvalue weighted by Crippen LogP contribution is -2.36. The highest BCUT2D eigenvalue weighted by molar-refractivity contribution is 7.15. The number of rotatable bonds is 3. The molecule has 0 radical (unpaired) electrons. The summed E-state index contributed by atoms with van der Waals surface area (Å²) < 4.78 is 2.24. The van der Waals surface area contributed by atoms with Crippen molar-refractivity contribution in [2.24, 2.45) is 5.41 Å². The lowest BCUT2D eigenvalue weighted by molar-refractivity contribution is 0.416. The summed E-state index contributed by atoms with van der Waals surface area (Å²) in [6.07, 6.45) is 3.38. The highest BCUT2D eigenvalue weighted by Gasteiger charge is 2.32. The molecule has 1 fully saturated rings. The molecule has 2 aromatic heterocycles. The third kappa shape index (κ3) is 3.09. The zero-order valence-corrected chi connectivity index (χ0v) is 14.5. The van der Waals surface area contributed by atoms with Crippen molar-refractivity contribution in [3.05, 3.63) is 17.3 Å². The van der Waals surface area contributed by atoms with Gasteiger partial charge in [-0.2, -0.15) is 0 Å². The van der Waals surface area contributed by atoms with E-state index in [4.69, 9.17) is 4.98 Å². The molecule has 3 heterocycles. The molecule has 0 aliphatic carbocycles. The van der Waals surface area contributed by atoms with Crippen molar-refractivity contribution < 1.29 is 0 Å². The molecule has 0 saturated carbocycles. The van der Waals surface area contributed by atoms with Crippen LogP contribution in [-0.4, -0.2) is 28.0 Å². The molecule has 21 heavy (non-hydrogen) atoms. The third-order valence-electron chi connectivity index (χ3n) is 4.10. The molecule has 2 aromatic rings. The molecule has 5 heteroatoms. The fraction of sp³-hybridized carbons (Fsp3) is 0.688. The van der Waals surface area contributed by atoms with Gasteiger partial charge in [-0.25, -0.2) is 4.98 Å². The molecule has 1 aliphatic rings. The summed E-state index contributed by atoms with van der Waals surface area (Å²) in [5.74, 6) is 1.17. The van der Waals surface area contributed by atoms with Crippen LogP contribution in [-0.2, 0) is 6.54 Å². The Hall–Kier alpha value is -1.07. The first kappa shape index (κ1) is 14.9. The summed E-state index contributed by atoms with van der Waals surface area (Å²) in [5.41, 5.74) is 1.80. The second-order valence-electron chi connectivity index (χ2n) is 7.88. The van der Waals surface area contributed by atoms with E-state index in [0.717, 1.165) is 24.6 Å². The number of nitrogens with zero attached hydrogens (tertiary/aromatic N) is 3. The molecule has 1 saturated heterocycles. The number of hydrogen-bond acceptors (Lipinski definition) is 4. The van der Waals surface area contributed by atoms with Crippen LogP contribution in [0.2, 0.25) is 0 Å². The molecular formula is C16H26N4S. The number of imidazole rings is 1. The van der Waals surface area contributed by atoms with Gasteiger partial charge in [0.2, 0.25) is 0 Å². The number of fused-ring (bicyclic) bond motifs is 1. The van der Waals surface area contributed by atoms with Crippen LogP contribution >= 0.6 is 11.3 Å². The predicted octanol–water partition coefficient (Wildman–Crippen LogP) is 3.52. The van der Waals surface area contributed by atoms with Gasteiger partial charge in [0.15, 0.2) is 10.8 Å². The van der Waals surface area contributed by atoms with E-state index in [1.54, 1.807) is 11.3 Å². The summed E-state index contributed by atoms with van der Waals surface area (Å²) in [7, 11) is 0. The average molecular weight is 306 g/mol. The first-order valence-corrected chi connectivity index (χ1v) is 8.58. The van der Waals surface area contributed by atoms with Crippen LogP contribution in [0.4, 0.5) is 5.82 Å². The van der Waals surface area contributed by atoms with Crippen molar-refractivity contribution >= 4 is 22.1 Å². The van der Waals surface area contributed by atoms with E-state index in [-0.39, 0.29) is 5.54 Å². The van der Waals surface area contributed by atoms with Crippen molar-refractivity contribution in [3.63, 3.8) is 0 Å². The largest absolute Gasteiger partial charge is 0.354 e. The van der Waals surface area contributed by atoms with E-state index >= 15 is 0 Å². The second-order valence-corrected chi connectivity index (χ2v) is 8.75. The molecule has 0 atom stereocenters. The Balaban J connectivity index is 1.92. The molecule has 0 spiro atoms. The summed E-state index contributed by atoms with van der Waals surface area (Å²) in [4.78, 5) is 8.44. The Morgan fingerprint density at radius 3 is 2.76 bits per heavy atom. The zero-order chi connectivity index (χ0) is 15.3. The Labute approximate surface area is 131 Å². The monoisotopic (exact) mass is 306 g/mol. The van der Waals surface area contributed by atoms with Crippen LogP contribution < -0.4 is 10.2 Å². The first-order valence-electron chi connectivity index (χ1n) is 7.70. The highest BCUT2D eigenvalue weighted by Crippen LogP contribution is 2.34. The van der Waals surface area contributed by atoms with Crippen molar-refractivity contribution in [1.29, 1.82) is 0 Å². The van der Waals surface area contributed by atoms with Gasteiger partial charge in [0.05, 0.1) is 5.69 Å².